The van der Waals surface area contributed by atoms with E-state index in [9.17, 15) is 4.79 Å². The summed E-state index contributed by atoms with van der Waals surface area (Å²) in [7, 11) is 1.76. The molecule has 1 aliphatic rings. The second kappa shape index (κ2) is 6.94. The first-order chi connectivity index (χ1) is 10.2. The topological polar surface area (TPSA) is 68.4 Å². The zero-order valence-corrected chi connectivity index (χ0v) is 13.3. The van der Waals surface area contributed by atoms with Crippen molar-refractivity contribution in [3.05, 3.63) is 36.2 Å². The molecular formula is C16H20ClN3O2. The molecule has 2 aromatic rings. The molecule has 22 heavy (non-hydrogen) atoms. The monoisotopic (exact) mass is 321 g/mol. The van der Waals surface area contributed by atoms with Crippen LogP contribution in [0.15, 0.2) is 30.6 Å². The van der Waals surface area contributed by atoms with Crippen molar-refractivity contribution in [1.29, 1.82) is 0 Å². The van der Waals surface area contributed by atoms with Gasteiger partial charge < -0.3 is 15.4 Å². The van der Waals surface area contributed by atoms with E-state index in [0.29, 0.717) is 11.7 Å². The number of rotatable bonds is 3. The minimum atomic E-state index is -0.405. The summed E-state index contributed by atoms with van der Waals surface area (Å²) in [6, 6.07) is 5.50. The summed E-state index contributed by atoms with van der Waals surface area (Å²) in [5.41, 5.74) is 6.97. The predicted molar refractivity (Wildman–Crippen MR) is 89.8 cm³/mol. The molecule has 1 fully saturated rings. The lowest BCUT2D eigenvalue weighted by atomic mass is 10.0. The predicted octanol–water partition coefficient (Wildman–Crippen LogP) is 2.37. The third-order valence-corrected chi connectivity index (χ3v) is 4.14. The van der Waals surface area contributed by atoms with Crippen molar-refractivity contribution in [2.45, 2.75) is 18.9 Å². The number of piperidine rings is 1. The Labute approximate surface area is 135 Å². The smallest absolute Gasteiger partial charge is 0.248 e. The molecule has 0 saturated carbocycles. The summed E-state index contributed by atoms with van der Waals surface area (Å²) < 4.78 is 5.41. The van der Waals surface area contributed by atoms with Gasteiger partial charge in [0.25, 0.3) is 0 Å². The van der Waals surface area contributed by atoms with Crippen molar-refractivity contribution in [3.63, 3.8) is 0 Å². The van der Waals surface area contributed by atoms with Gasteiger partial charge >= 0.3 is 0 Å². The molecule has 0 radical (unpaired) electrons. The van der Waals surface area contributed by atoms with Gasteiger partial charge in [-0.3, -0.25) is 9.78 Å². The highest BCUT2D eigenvalue weighted by Gasteiger charge is 2.20. The van der Waals surface area contributed by atoms with Crippen molar-refractivity contribution in [2.75, 3.05) is 25.1 Å². The second-order valence-electron chi connectivity index (χ2n) is 5.38. The molecule has 0 atom stereocenters. The number of methoxy groups -OCH3 is 1. The molecule has 2 N–H and O–H groups in total. The number of halogens is 1. The number of fused-ring (bicyclic) bond motifs is 1. The Morgan fingerprint density at radius 3 is 2.68 bits per heavy atom. The molecule has 1 amide bonds. The molecule has 118 valence electrons. The Balaban J connectivity index is 0.00000176. The largest absolute Gasteiger partial charge is 0.381 e. The zero-order chi connectivity index (χ0) is 14.8. The van der Waals surface area contributed by atoms with Crippen LogP contribution in [-0.2, 0) is 4.74 Å². The number of primary amides is 1. The molecule has 2 heterocycles. The van der Waals surface area contributed by atoms with Crippen LogP contribution in [0.4, 0.5) is 5.69 Å². The first-order valence-corrected chi connectivity index (χ1v) is 7.14. The van der Waals surface area contributed by atoms with E-state index >= 15 is 0 Å². The molecule has 1 aromatic heterocycles. The van der Waals surface area contributed by atoms with E-state index < -0.39 is 5.91 Å². The fraction of sp³-hybridized carbons (Fsp3) is 0.375. The summed E-state index contributed by atoms with van der Waals surface area (Å²) >= 11 is 0. The first-order valence-electron chi connectivity index (χ1n) is 7.14. The number of nitrogens with two attached hydrogens (primary N) is 1. The number of carbonyl (C=O) groups excluding carboxylic acids is 1. The van der Waals surface area contributed by atoms with E-state index in [1.165, 1.54) is 0 Å². The number of aromatic nitrogens is 1. The summed E-state index contributed by atoms with van der Waals surface area (Å²) in [6.45, 7) is 1.86. The Bertz CT molecular complexity index is 669. The van der Waals surface area contributed by atoms with E-state index in [2.05, 4.69) is 9.88 Å². The molecule has 1 saturated heterocycles. The van der Waals surface area contributed by atoms with Crippen molar-refractivity contribution in [2.24, 2.45) is 5.73 Å². The highest BCUT2D eigenvalue weighted by atomic mass is 35.5. The van der Waals surface area contributed by atoms with Crippen LogP contribution in [0.25, 0.3) is 10.8 Å². The summed E-state index contributed by atoms with van der Waals surface area (Å²) in [6.07, 6.45) is 6.02. The number of ether oxygens (including phenoxy) is 1. The van der Waals surface area contributed by atoms with Gasteiger partial charge in [-0.05, 0) is 25.0 Å². The first kappa shape index (κ1) is 16.5. The number of anilines is 1. The van der Waals surface area contributed by atoms with Crippen molar-refractivity contribution in [3.8, 4) is 0 Å². The quantitative estimate of drug-likeness (QED) is 0.942. The Morgan fingerprint density at radius 2 is 2.05 bits per heavy atom. The minimum absolute atomic E-state index is 0. The number of amides is 1. The fourth-order valence-corrected chi connectivity index (χ4v) is 2.89. The van der Waals surface area contributed by atoms with Crippen LogP contribution in [0.5, 0.6) is 0 Å². The molecule has 0 unspecified atom stereocenters. The third kappa shape index (κ3) is 3.15. The fourth-order valence-electron chi connectivity index (χ4n) is 2.89. The van der Waals surface area contributed by atoms with E-state index in [-0.39, 0.29) is 12.4 Å². The lowest BCUT2D eigenvalue weighted by Gasteiger charge is -2.33. The lowest BCUT2D eigenvalue weighted by Crippen LogP contribution is -2.36. The normalized spacial score (nSPS) is 15.6. The van der Waals surface area contributed by atoms with Crippen molar-refractivity contribution < 1.29 is 9.53 Å². The number of benzene rings is 1. The Hall–Kier alpha value is -1.85. The van der Waals surface area contributed by atoms with Gasteiger partial charge in [0.05, 0.1) is 18.0 Å². The average molecular weight is 322 g/mol. The lowest BCUT2D eigenvalue weighted by molar-refractivity contribution is 0.0819. The highest BCUT2D eigenvalue weighted by Crippen LogP contribution is 2.29. The van der Waals surface area contributed by atoms with Gasteiger partial charge in [0, 0.05) is 42.7 Å². The van der Waals surface area contributed by atoms with Crippen LogP contribution in [0.3, 0.4) is 0 Å². The van der Waals surface area contributed by atoms with Crippen LogP contribution in [0.2, 0.25) is 0 Å². The maximum Gasteiger partial charge on any atom is 0.248 e. The molecule has 3 rings (SSSR count). The molecule has 0 bridgehead atoms. The summed E-state index contributed by atoms with van der Waals surface area (Å²) in [5.74, 6) is -0.405. The van der Waals surface area contributed by atoms with Crippen molar-refractivity contribution >= 4 is 34.8 Å². The van der Waals surface area contributed by atoms with Crippen molar-refractivity contribution in [1.82, 2.24) is 4.98 Å². The van der Waals surface area contributed by atoms with E-state index in [1.54, 1.807) is 13.2 Å². The number of carbonyl (C=O) groups is 1. The average Bonchev–Trinajstić information content (AvgIpc) is 2.54. The van der Waals surface area contributed by atoms with Crippen LogP contribution >= 0.6 is 12.4 Å². The van der Waals surface area contributed by atoms with Gasteiger partial charge in [0.2, 0.25) is 5.91 Å². The third-order valence-electron chi connectivity index (χ3n) is 4.14. The number of hydrogen-bond donors (Lipinski definition) is 1. The van der Waals surface area contributed by atoms with Gasteiger partial charge in [-0.25, -0.2) is 0 Å². The molecular weight excluding hydrogens is 302 g/mol. The number of hydrogen-bond acceptors (Lipinski definition) is 4. The summed E-state index contributed by atoms with van der Waals surface area (Å²) in [4.78, 5) is 18.0. The van der Waals surface area contributed by atoms with Gasteiger partial charge in [0.15, 0.2) is 0 Å². The SMILES string of the molecule is COC1CCN(c2cncc3ccc(C(N)=O)cc23)CC1.Cl. The van der Waals surface area contributed by atoms with Crippen LogP contribution < -0.4 is 10.6 Å². The number of nitrogens with zero attached hydrogens (tertiary/aromatic N) is 2. The zero-order valence-electron chi connectivity index (χ0n) is 12.5. The molecule has 0 aliphatic carbocycles. The standard InChI is InChI=1S/C16H19N3O2.ClH/c1-21-13-4-6-19(7-5-13)15-10-18-9-12-3-2-11(16(17)20)8-14(12)15;/h2-3,8-10,13H,4-7H2,1H3,(H2,17,20);1H. The molecule has 1 aliphatic heterocycles. The van der Waals surface area contributed by atoms with E-state index in [1.807, 2.05) is 24.5 Å². The molecule has 6 heteroatoms. The van der Waals surface area contributed by atoms with Gasteiger partial charge in [-0.15, -0.1) is 12.4 Å². The minimum Gasteiger partial charge on any atom is -0.381 e. The van der Waals surface area contributed by atoms with Crippen LogP contribution in [0.1, 0.15) is 23.2 Å². The molecule has 0 spiro atoms. The Morgan fingerprint density at radius 1 is 1.32 bits per heavy atom. The maximum atomic E-state index is 11.4. The van der Waals surface area contributed by atoms with Gasteiger partial charge in [0.1, 0.15) is 0 Å². The molecule has 5 nitrogen and oxygen atoms in total. The maximum absolute atomic E-state index is 11.4. The van der Waals surface area contributed by atoms with Crippen LogP contribution in [-0.4, -0.2) is 37.2 Å². The highest BCUT2D eigenvalue weighted by molar-refractivity contribution is 6.01. The van der Waals surface area contributed by atoms with Gasteiger partial charge in [-0.2, -0.15) is 0 Å². The van der Waals surface area contributed by atoms with E-state index in [4.69, 9.17) is 10.5 Å². The van der Waals surface area contributed by atoms with Crippen LogP contribution in [0, 0.1) is 0 Å². The second-order valence-corrected chi connectivity index (χ2v) is 5.38. The Kier molecular flexibility index (Phi) is 5.21. The molecule has 1 aromatic carbocycles. The van der Waals surface area contributed by atoms with E-state index in [0.717, 1.165) is 42.4 Å². The summed E-state index contributed by atoms with van der Waals surface area (Å²) in [5, 5.41) is 2.04. The van der Waals surface area contributed by atoms with Gasteiger partial charge in [-0.1, -0.05) is 6.07 Å². The number of pyridine rings is 1.